The van der Waals surface area contributed by atoms with E-state index in [0.717, 1.165) is 15.6 Å². The van der Waals surface area contributed by atoms with E-state index >= 15 is 0 Å². The van der Waals surface area contributed by atoms with Crippen molar-refractivity contribution in [2.75, 3.05) is 13.2 Å². The summed E-state index contributed by atoms with van der Waals surface area (Å²) in [6.07, 6.45) is 3.98. The maximum Gasteiger partial charge on any atom is 0.266 e. The molecular formula is C28H28BrN3O4. The Labute approximate surface area is 218 Å². The van der Waals surface area contributed by atoms with Gasteiger partial charge in [0, 0.05) is 35.0 Å². The molecule has 0 unspecified atom stereocenters. The number of benzene rings is 3. The van der Waals surface area contributed by atoms with Gasteiger partial charge < -0.3 is 14.6 Å². The van der Waals surface area contributed by atoms with Crippen molar-refractivity contribution in [2.24, 2.45) is 10.8 Å². The number of aliphatic hydroxyl groups excluding tert-OH is 1. The highest BCUT2D eigenvalue weighted by Gasteiger charge is 2.52. The molecule has 1 aliphatic rings. The number of aliphatic hydroxyl groups is 1. The number of hydrazine groups is 1. The maximum absolute atomic E-state index is 13.3. The molecule has 0 aromatic heterocycles. The first-order valence-electron chi connectivity index (χ1n) is 11.6. The van der Waals surface area contributed by atoms with Gasteiger partial charge in [-0.15, -0.1) is 0 Å². The highest BCUT2D eigenvalue weighted by molar-refractivity contribution is 9.10. The van der Waals surface area contributed by atoms with E-state index in [0.29, 0.717) is 30.2 Å². The van der Waals surface area contributed by atoms with Gasteiger partial charge in [-0.3, -0.25) is 10.2 Å². The van der Waals surface area contributed by atoms with Crippen LogP contribution in [0.3, 0.4) is 0 Å². The van der Waals surface area contributed by atoms with Gasteiger partial charge in [0.15, 0.2) is 11.6 Å². The lowest BCUT2D eigenvalue weighted by molar-refractivity contribution is -0.128. The van der Waals surface area contributed by atoms with Crippen LogP contribution in [0.2, 0.25) is 0 Å². The largest absolute Gasteiger partial charge is 0.494 e. The Morgan fingerprint density at radius 1 is 1.11 bits per heavy atom. The minimum atomic E-state index is -1.32. The van der Waals surface area contributed by atoms with Crippen LogP contribution in [0.25, 0.3) is 6.08 Å². The van der Waals surface area contributed by atoms with E-state index in [1.807, 2.05) is 91.0 Å². The molecule has 0 spiro atoms. The number of rotatable bonds is 10. The predicted octanol–water partition coefficient (Wildman–Crippen LogP) is 4.56. The molecule has 186 valence electrons. The lowest BCUT2D eigenvalue weighted by Gasteiger charge is -2.29. The molecule has 8 heteroatoms. The van der Waals surface area contributed by atoms with Crippen LogP contribution in [0.15, 0.2) is 94.4 Å². The zero-order valence-corrected chi connectivity index (χ0v) is 21.2. The Bertz CT molecular complexity index is 1230. The van der Waals surface area contributed by atoms with Crippen LogP contribution in [-0.4, -0.2) is 35.7 Å². The molecule has 0 aliphatic carbocycles. The van der Waals surface area contributed by atoms with Crippen LogP contribution in [0.1, 0.15) is 35.6 Å². The normalized spacial score (nSPS) is 19.1. The smallest absolute Gasteiger partial charge is 0.266 e. The lowest BCUT2D eigenvalue weighted by Crippen LogP contribution is -2.50. The van der Waals surface area contributed by atoms with E-state index in [-0.39, 0.29) is 13.0 Å². The number of hydrogen-bond donors (Lipinski definition) is 3. The number of nitrogens with one attached hydrogen (secondary N) is 1. The molecule has 0 saturated carbocycles. The number of aliphatic imine (C=N–C) groups is 1. The molecule has 3 aromatic carbocycles. The first-order valence-corrected chi connectivity index (χ1v) is 12.4. The monoisotopic (exact) mass is 549 g/mol. The molecule has 4 N–H and O–H groups in total. The second-order valence-corrected chi connectivity index (χ2v) is 9.16. The number of carbonyl (C=O) groups excluding carboxylic acids is 1. The van der Waals surface area contributed by atoms with Gasteiger partial charge in [0.25, 0.3) is 5.91 Å². The molecule has 0 bridgehead atoms. The Balaban J connectivity index is 1.71. The van der Waals surface area contributed by atoms with Crippen molar-refractivity contribution < 1.29 is 19.4 Å². The van der Waals surface area contributed by atoms with Crippen molar-refractivity contribution in [1.82, 2.24) is 5.43 Å². The molecule has 4 rings (SSSR count). The van der Waals surface area contributed by atoms with Gasteiger partial charge in [0.1, 0.15) is 5.75 Å². The quantitative estimate of drug-likeness (QED) is 0.149. The van der Waals surface area contributed by atoms with Gasteiger partial charge in [0.05, 0.1) is 6.61 Å². The van der Waals surface area contributed by atoms with Crippen LogP contribution >= 0.6 is 15.9 Å². The fraction of sp³-hybridized carbons (Fsp3) is 0.214. The van der Waals surface area contributed by atoms with Crippen molar-refractivity contribution >= 4 is 33.8 Å². The third-order valence-corrected chi connectivity index (χ3v) is 6.61. The molecule has 1 amide bonds. The SMILES string of the molecule is NNC(=O)[C@@]1(C/C=C/c2ccccc2)N=C(c2ccc(OCCCO)cc2)O[C@H]1c1ccccc1Br. The maximum atomic E-state index is 13.3. The zero-order chi connectivity index (χ0) is 25.4. The van der Waals surface area contributed by atoms with Crippen molar-refractivity contribution in [1.29, 1.82) is 0 Å². The number of carbonyl (C=O) groups is 1. The number of hydrogen-bond acceptors (Lipinski definition) is 6. The highest BCUT2D eigenvalue weighted by atomic mass is 79.9. The topological polar surface area (TPSA) is 106 Å². The number of halogens is 1. The molecule has 2 atom stereocenters. The minimum Gasteiger partial charge on any atom is -0.494 e. The standard InChI is InChI=1S/C28H28BrN3O4/c29-24-12-5-4-11-23(24)25-28(27(34)32-30,17-6-10-20-8-2-1-3-9-20)31-26(36-25)21-13-15-22(16-14-21)35-19-7-18-33/h1-6,8-16,25,33H,7,17-19,30H2,(H,32,34)/b10-6+/t25-,28-/m0/s1. The molecule has 36 heavy (non-hydrogen) atoms. The third-order valence-electron chi connectivity index (χ3n) is 5.89. The average Bonchev–Trinajstić information content (AvgIpc) is 3.30. The number of nitrogens with zero attached hydrogens (tertiary/aromatic N) is 1. The van der Waals surface area contributed by atoms with E-state index in [1.54, 1.807) is 0 Å². The van der Waals surface area contributed by atoms with Crippen LogP contribution in [0, 0.1) is 0 Å². The summed E-state index contributed by atoms with van der Waals surface area (Å²) in [5.41, 5.74) is 3.50. The first-order chi connectivity index (χ1) is 17.6. The second kappa shape index (κ2) is 12.0. The summed E-state index contributed by atoms with van der Waals surface area (Å²) in [7, 11) is 0. The summed E-state index contributed by atoms with van der Waals surface area (Å²) in [6, 6.07) is 24.7. The fourth-order valence-electron chi connectivity index (χ4n) is 4.04. The van der Waals surface area contributed by atoms with E-state index in [1.165, 1.54) is 0 Å². The summed E-state index contributed by atoms with van der Waals surface area (Å²) in [5.74, 6) is 6.23. The Morgan fingerprint density at radius 2 is 1.83 bits per heavy atom. The van der Waals surface area contributed by atoms with E-state index in [4.69, 9.17) is 25.4 Å². The van der Waals surface area contributed by atoms with Gasteiger partial charge in [-0.1, -0.05) is 76.6 Å². The van der Waals surface area contributed by atoms with Crippen LogP contribution in [0.4, 0.5) is 0 Å². The molecule has 1 heterocycles. The number of amides is 1. The van der Waals surface area contributed by atoms with Crippen molar-refractivity contribution in [3.63, 3.8) is 0 Å². The zero-order valence-electron chi connectivity index (χ0n) is 19.6. The summed E-state index contributed by atoms with van der Waals surface area (Å²) in [6.45, 7) is 0.494. The van der Waals surface area contributed by atoms with Crippen LogP contribution < -0.4 is 16.0 Å². The molecule has 0 radical (unpaired) electrons. The molecule has 7 nitrogen and oxygen atoms in total. The average molecular weight is 550 g/mol. The fourth-order valence-corrected chi connectivity index (χ4v) is 4.54. The number of nitrogens with two attached hydrogens (primary N) is 1. The molecule has 0 fully saturated rings. The summed E-state index contributed by atoms with van der Waals surface area (Å²) < 4.78 is 12.8. The highest BCUT2D eigenvalue weighted by Crippen LogP contribution is 2.44. The van der Waals surface area contributed by atoms with Crippen molar-refractivity contribution in [3.8, 4) is 5.75 Å². The Morgan fingerprint density at radius 3 is 2.53 bits per heavy atom. The van der Waals surface area contributed by atoms with E-state index in [9.17, 15) is 4.79 Å². The van der Waals surface area contributed by atoms with Gasteiger partial charge in [-0.2, -0.15) is 0 Å². The molecule has 3 aromatic rings. The molecule has 0 saturated heterocycles. The van der Waals surface area contributed by atoms with Crippen LogP contribution in [-0.2, 0) is 9.53 Å². The Hall–Kier alpha value is -3.46. The first kappa shape index (κ1) is 25.6. The minimum absolute atomic E-state index is 0.0726. The van der Waals surface area contributed by atoms with Crippen LogP contribution in [0.5, 0.6) is 5.75 Å². The van der Waals surface area contributed by atoms with Gasteiger partial charge in [0.2, 0.25) is 5.90 Å². The molecular weight excluding hydrogens is 522 g/mol. The lowest BCUT2D eigenvalue weighted by atomic mass is 9.84. The molecule has 1 aliphatic heterocycles. The van der Waals surface area contributed by atoms with E-state index in [2.05, 4.69) is 21.4 Å². The van der Waals surface area contributed by atoms with Gasteiger partial charge in [-0.05, 0) is 35.9 Å². The third kappa shape index (κ3) is 5.67. The van der Waals surface area contributed by atoms with Gasteiger partial charge >= 0.3 is 0 Å². The number of ether oxygens (including phenoxy) is 2. The second-order valence-electron chi connectivity index (χ2n) is 8.30. The van der Waals surface area contributed by atoms with Crippen molar-refractivity contribution in [2.45, 2.75) is 24.5 Å². The van der Waals surface area contributed by atoms with Crippen molar-refractivity contribution in [3.05, 3.63) is 106 Å². The van der Waals surface area contributed by atoms with Gasteiger partial charge in [-0.25, -0.2) is 10.8 Å². The summed E-state index contributed by atoms with van der Waals surface area (Å²) in [5, 5.41) is 8.95. The summed E-state index contributed by atoms with van der Waals surface area (Å²) in [4.78, 5) is 18.2. The van der Waals surface area contributed by atoms with E-state index < -0.39 is 17.6 Å². The predicted molar refractivity (Wildman–Crippen MR) is 143 cm³/mol. The Kier molecular flexibility index (Phi) is 8.53. The summed E-state index contributed by atoms with van der Waals surface area (Å²) >= 11 is 3.60.